The van der Waals surface area contributed by atoms with Crippen molar-refractivity contribution in [1.82, 2.24) is 4.98 Å². The van der Waals surface area contributed by atoms with Crippen molar-refractivity contribution in [2.45, 2.75) is 19.4 Å². The van der Waals surface area contributed by atoms with Gasteiger partial charge in [0.25, 0.3) is 0 Å². The van der Waals surface area contributed by atoms with Crippen molar-refractivity contribution in [3.05, 3.63) is 107 Å². The normalized spacial score (nSPS) is 14.9. The second kappa shape index (κ2) is 7.69. The van der Waals surface area contributed by atoms with Gasteiger partial charge in [-0.1, -0.05) is 60.2 Å². The highest BCUT2D eigenvalue weighted by Crippen LogP contribution is 2.29. The molecular formula is C26H22N3O2+. The Balaban J connectivity index is 1.61. The minimum Gasteiger partial charge on any atom is -0.508 e. The molecule has 1 aliphatic heterocycles. The Morgan fingerprint density at radius 1 is 0.968 bits per heavy atom. The number of phenolic OH excluding ortho intramolecular Hbond substituents is 1. The first kappa shape index (κ1) is 19.0. The Morgan fingerprint density at radius 3 is 2.39 bits per heavy atom. The molecule has 5 nitrogen and oxygen atoms in total. The van der Waals surface area contributed by atoms with Crippen LogP contribution in [0.3, 0.4) is 0 Å². The maximum atomic E-state index is 13.4. The lowest BCUT2D eigenvalue weighted by molar-refractivity contribution is -0.552. The number of hydrogen-bond acceptors (Lipinski definition) is 4. The Morgan fingerprint density at radius 2 is 1.68 bits per heavy atom. The van der Waals surface area contributed by atoms with Gasteiger partial charge in [0.05, 0.1) is 0 Å². The molecule has 3 aromatic carbocycles. The van der Waals surface area contributed by atoms with Crippen LogP contribution in [-0.2, 0) is 6.42 Å². The van der Waals surface area contributed by atoms with Gasteiger partial charge in [0.2, 0.25) is 6.04 Å². The number of hydrogen-bond donors (Lipinski definition) is 2. The molecule has 0 radical (unpaired) electrons. The van der Waals surface area contributed by atoms with Gasteiger partial charge in [-0.3, -0.25) is 5.32 Å². The SMILES string of the molecule is Cc1ccc(C2Nc3c(Cc4ccccc4)nc(-c4ccc(O)cc4)c[n+]3C2=O)cc1. The second-order valence-electron chi connectivity index (χ2n) is 7.83. The number of aromatic hydroxyl groups is 1. The minimum absolute atomic E-state index is 0.0319. The molecule has 5 rings (SSSR count). The van der Waals surface area contributed by atoms with Gasteiger partial charge in [-0.15, -0.1) is 0 Å². The van der Waals surface area contributed by atoms with Gasteiger partial charge in [-0.25, -0.2) is 9.78 Å². The minimum atomic E-state index is -0.452. The molecule has 1 aliphatic rings. The summed E-state index contributed by atoms with van der Waals surface area (Å²) < 4.78 is 1.68. The fraction of sp³-hybridized carbons (Fsp3) is 0.115. The highest BCUT2D eigenvalue weighted by molar-refractivity contribution is 5.84. The zero-order chi connectivity index (χ0) is 21.4. The van der Waals surface area contributed by atoms with Crippen LogP contribution in [0.25, 0.3) is 11.3 Å². The van der Waals surface area contributed by atoms with E-state index < -0.39 is 6.04 Å². The summed E-state index contributed by atoms with van der Waals surface area (Å²) in [7, 11) is 0. The number of aryl methyl sites for hydroxylation is 1. The maximum absolute atomic E-state index is 13.4. The predicted octanol–water partition coefficient (Wildman–Crippen LogP) is 4.45. The van der Waals surface area contributed by atoms with Gasteiger partial charge < -0.3 is 5.11 Å². The third-order valence-corrected chi connectivity index (χ3v) is 5.57. The van der Waals surface area contributed by atoms with Gasteiger partial charge >= 0.3 is 11.7 Å². The molecular weight excluding hydrogens is 386 g/mol. The van der Waals surface area contributed by atoms with Crippen molar-refractivity contribution < 1.29 is 14.5 Å². The summed E-state index contributed by atoms with van der Waals surface area (Å²) in [6, 6.07) is 24.5. The molecule has 0 aliphatic carbocycles. The third kappa shape index (κ3) is 3.66. The lowest BCUT2D eigenvalue weighted by Crippen LogP contribution is -2.41. The third-order valence-electron chi connectivity index (χ3n) is 5.57. The molecule has 0 saturated carbocycles. The van der Waals surface area contributed by atoms with Crippen LogP contribution in [0.15, 0.2) is 85.1 Å². The van der Waals surface area contributed by atoms with Crippen LogP contribution in [-0.4, -0.2) is 16.0 Å². The van der Waals surface area contributed by atoms with Crippen LogP contribution in [0.2, 0.25) is 0 Å². The van der Waals surface area contributed by atoms with Gasteiger partial charge in [0.15, 0.2) is 0 Å². The number of carbonyl (C=O) groups is 1. The number of fused-ring (bicyclic) bond motifs is 1. The molecule has 2 N–H and O–H groups in total. The first-order valence-corrected chi connectivity index (χ1v) is 10.2. The monoisotopic (exact) mass is 408 g/mol. The van der Waals surface area contributed by atoms with Gasteiger partial charge in [0.1, 0.15) is 23.3 Å². The quantitative estimate of drug-likeness (QED) is 0.490. The lowest BCUT2D eigenvalue weighted by atomic mass is 10.1. The summed E-state index contributed by atoms with van der Waals surface area (Å²) >= 11 is 0. The van der Waals surface area contributed by atoms with E-state index >= 15 is 0 Å². The summed E-state index contributed by atoms with van der Waals surface area (Å²) in [5, 5.41) is 13.0. The summed E-state index contributed by atoms with van der Waals surface area (Å²) in [6.07, 6.45) is 2.38. The molecule has 0 bridgehead atoms. The number of carbonyl (C=O) groups excluding carboxylic acids is 1. The second-order valence-corrected chi connectivity index (χ2v) is 7.83. The van der Waals surface area contributed by atoms with E-state index in [2.05, 4.69) is 17.4 Å². The lowest BCUT2D eigenvalue weighted by Gasteiger charge is -2.07. The van der Waals surface area contributed by atoms with E-state index in [1.807, 2.05) is 49.4 Å². The number of benzene rings is 3. The van der Waals surface area contributed by atoms with Crippen molar-refractivity contribution in [2.75, 3.05) is 5.32 Å². The van der Waals surface area contributed by atoms with Crippen LogP contribution >= 0.6 is 0 Å². The summed E-state index contributed by atoms with van der Waals surface area (Å²) in [4.78, 5) is 18.3. The fourth-order valence-electron chi connectivity index (χ4n) is 3.89. The van der Waals surface area contributed by atoms with Crippen molar-refractivity contribution in [3.8, 4) is 17.0 Å². The summed E-state index contributed by atoms with van der Waals surface area (Å²) in [6.45, 7) is 2.03. The molecule has 0 spiro atoms. The molecule has 5 heteroatoms. The topological polar surface area (TPSA) is 66.1 Å². The highest BCUT2D eigenvalue weighted by atomic mass is 16.3. The van der Waals surface area contributed by atoms with Gasteiger partial charge in [-0.2, -0.15) is 4.57 Å². The molecule has 2 heterocycles. The van der Waals surface area contributed by atoms with Gasteiger partial charge in [0, 0.05) is 17.5 Å². The molecule has 1 atom stereocenters. The van der Waals surface area contributed by atoms with Gasteiger partial charge in [-0.05, 0) is 36.8 Å². The van der Waals surface area contributed by atoms with Crippen LogP contribution in [0.5, 0.6) is 5.75 Å². The van der Waals surface area contributed by atoms with E-state index in [4.69, 9.17) is 4.98 Å². The Bertz CT molecular complexity index is 1250. The van der Waals surface area contributed by atoms with Crippen molar-refractivity contribution in [1.29, 1.82) is 0 Å². The molecule has 1 unspecified atom stereocenters. The average Bonchev–Trinajstić information content (AvgIpc) is 3.12. The Kier molecular flexibility index (Phi) is 4.71. The zero-order valence-corrected chi connectivity index (χ0v) is 17.1. The predicted molar refractivity (Wildman–Crippen MR) is 119 cm³/mol. The zero-order valence-electron chi connectivity index (χ0n) is 17.1. The highest BCUT2D eigenvalue weighted by Gasteiger charge is 2.42. The number of nitrogens with one attached hydrogen (secondary N) is 1. The molecule has 0 saturated heterocycles. The fourth-order valence-corrected chi connectivity index (χ4v) is 3.89. The van der Waals surface area contributed by atoms with E-state index in [0.29, 0.717) is 12.1 Å². The number of nitrogens with zero attached hydrogens (tertiary/aromatic N) is 2. The largest absolute Gasteiger partial charge is 0.508 e. The van der Waals surface area contributed by atoms with E-state index in [1.54, 1.807) is 35.0 Å². The molecule has 31 heavy (non-hydrogen) atoms. The molecule has 152 valence electrons. The average molecular weight is 408 g/mol. The number of aromatic nitrogens is 2. The Hall–Kier alpha value is -3.99. The van der Waals surface area contributed by atoms with Crippen LogP contribution in [0.1, 0.15) is 33.2 Å². The summed E-state index contributed by atoms with van der Waals surface area (Å²) in [5.74, 6) is 0.886. The maximum Gasteiger partial charge on any atom is 0.363 e. The molecule has 0 amide bonds. The van der Waals surface area contributed by atoms with Crippen molar-refractivity contribution in [3.63, 3.8) is 0 Å². The van der Waals surface area contributed by atoms with Crippen molar-refractivity contribution in [2.24, 2.45) is 0 Å². The smallest absolute Gasteiger partial charge is 0.363 e. The van der Waals surface area contributed by atoms with Crippen molar-refractivity contribution >= 4 is 11.7 Å². The van der Waals surface area contributed by atoms with Crippen LogP contribution in [0.4, 0.5) is 5.82 Å². The number of rotatable bonds is 4. The Labute approximate surface area is 180 Å². The first-order valence-electron chi connectivity index (χ1n) is 10.2. The first-order chi connectivity index (χ1) is 15.1. The molecule has 0 fully saturated rings. The van der Waals surface area contributed by atoms with E-state index in [9.17, 15) is 9.90 Å². The van der Waals surface area contributed by atoms with Crippen LogP contribution < -0.4 is 9.88 Å². The van der Waals surface area contributed by atoms with E-state index in [1.165, 1.54) is 0 Å². The van der Waals surface area contributed by atoms with Crippen LogP contribution in [0, 0.1) is 6.92 Å². The number of anilines is 1. The van der Waals surface area contributed by atoms with E-state index in [0.717, 1.165) is 33.8 Å². The van der Waals surface area contributed by atoms with E-state index in [-0.39, 0.29) is 11.7 Å². The molecule has 4 aromatic rings. The molecule has 1 aromatic heterocycles. The number of phenols is 1. The standard InChI is InChI=1S/C26H21N3O2/c1-17-7-9-20(10-8-17)24-26(31)29-16-23(19-11-13-21(30)14-12-19)27-22(25(29)28-24)15-18-5-3-2-4-6-18/h2-14,16,24,30H,15H2,1H3/p+1. The summed E-state index contributed by atoms with van der Waals surface area (Å²) in [5.41, 5.74) is 5.54.